The Morgan fingerprint density at radius 1 is 0.833 bits per heavy atom. The van der Waals surface area contributed by atoms with Crippen molar-refractivity contribution in [2.24, 2.45) is 7.05 Å². The number of nitrogens with zero attached hydrogens (tertiary/aromatic N) is 1. The van der Waals surface area contributed by atoms with Crippen LogP contribution in [-0.4, -0.2) is 0 Å². The van der Waals surface area contributed by atoms with E-state index in [4.69, 9.17) is 0 Å². The Hall–Kier alpha value is -2.15. The molecular formula is C17H16N+. The smallest absolute Gasteiger partial charge is 0.194 e. The van der Waals surface area contributed by atoms with E-state index in [9.17, 15) is 0 Å². The zero-order chi connectivity index (χ0) is 12.5. The largest absolute Gasteiger partial charge is 0.213 e. The molecule has 18 heavy (non-hydrogen) atoms. The van der Waals surface area contributed by atoms with Crippen molar-refractivity contribution >= 4 is 10.9 Å². The molecule has 0 aliphatic heterocycles. The predicted molar refractivity (Wildman–Crippen MR) is 75.3 cm³/mol. The number of aryl methyl sites for hydroxylation is 2. The molecule has 0 aliphatic rings. The molecule has 1 aromatic heterocycles. The normalized spacial score (nSPS) is 10.8. The molecule has 0 N–H and O–H groups in total. The average molecular weight is 234 g/mol. The van der Waals surface area contributed by atoms with Gasteiger partial charge in [-0.3, -0.25) is 0 Å². The molecule has 3 rings (SSSR count). The van der Waals surface area contributed by atoms with Crippen molar-refractivity contribution in [2.45, 2.75) is 6.92 Å². The first-order valence-electron chi connectivity index (χ1n) is 6.21. The third-order valence-electron chi connectivity index (χ3n) is 3.47. The Labute approximate surface area is 107 Å². The fraction of sp³-hybridized carbons (Fsp3) is 0.118. The van der Waals surface area contributed by atoms with Gasteiger partial charge in [-0.15, -0.1) is 0 Å². The minimum absolute atomic E-state index is 1.26. The lowest BCUT2D eigenvalue weighted by Crippen LogP contribution is -2.32. The van der Waals surface area contributed by atoms with Crippen LogP contribution in [0.4, 0.5) is 0 Å². The van der Waals surface area contributed by atoms with E-state index in [1.165, 1.54) is 27.7 Å². The number of pyridine rings is 1. The highest BCUT2D eigenvalue weighted by molar-refractivity contribution is 5.81. The van der Waals surface area contributed by atoms with E-state index >= 15 is 0 Å². The van der Waals surface area contributed by atoms with E-state index in [-0.39, 0.29) is 0 Å². The lowest BCUT2D eigenvalue weighted by molar-refractivity contribution is -0.633. The van der Waals surface area contributed by atoms with Crippen molar-refractivity contribution in [1.29, 1.82) is 0 Å². The van der Waals surface area contributed by atoms with Crippen molar-refractivity contribution in [3.05, 3.63) is 66.2 Å². The highest BCUT2D eigenvalue weighted by Crippen LogP contribution is 2.22. The van der Waals surface area contributed by atoms with Crippen molar-refractivity contribution < 1.29 is 4.57 Å². The zero-order valence-corrected chi connectivity index (χ0v) is 10.7. The molecule has 1 heteroatoms. The standard InChI is InChI=1S/C17H16N/c1-13-12-17(14-8-4-3-5-9-14)18(2)16-11-7-6-10-15(13)16/h3-12H,1-2H3/q+1. The predicted octanol–water partition coefficient (Wildman–Crippen LogP) is 3.64. The van der Waals surface area contributed by atoms with E-state index in [0.717, 1.165) is 0 Å². The van der Waals surface area contributed by atoms with E-state index in [0.29, 0.717) is 0 Å². The molecule has 2 aromatic carbocycles. The molecule has 0 bridgehead atoms. The van der Waals surface area contributed by atoms with Crippen molar-refractivity contribution in [1.82, 2.24) is 0 Å². The van der Waals surface area contributed by atoms with E-state index in [1.54, 1.807) is 0 Å². The van der Waals surface area contributed by atoms with Crippen LogP contribution in [0.5, 0.6) is 0 Å². The van der Waals surface area contributed by atoms with Gasteiger partial charge in [-0.25, -0.2) is 0 Å². The van der Waals surface area contributed by atoms with Gasteiger partial charge in [0.2, 0.25) is 11.2 Å². The van der Waals surface area contributed by atoms with Crippen LogP contribution in [0.2, 0.25) is 0 Å². The Morgan fingerprint density at radius 2 is 1.50 bits per heavy atom. The Balaban J connectivity index is 2.35. The number of para-hydroxylation sites is 1. The highest BCUT2D eigenvalue weighted by atomic mass is 14.9. The number of aromatic nitrogens is 1. The molecule has 0 amide bonds. The molecule has 0 saturated carbocycles. The second-order valence-electron chi connectivity index (χ2n) is 4.65. The first-order valence-corrected chi connectivity index (χ1v) is 6.21. The fourth-order valence-corrected chi connectivity index (χ4v) is 2.49. The summed E-state index contributed by atoms with van der Waals surface area (Å²) >= 11 is 0. The monoisotopic (exact) mass is 234 g/mol. The van der Waals surface area contributed by atoms with Crippen LogP contribution < -0.4 is 4.57 Å². The van der Waals surface area contributed by atoms with E-state index < -0.39 is 0 Å². The SMILES string of the molecule is Cc1cc(-c2ccccc2)[n+](C)c2ccccc12. The maximum absolute atomic E-state index is 2.26. The molecule has 0 aliphatic carbocycles. The Morgan fingerprint density at radius 3 is 2.28 bits per heavy atom. The van der Waals surface area contributed by atoms with E-state index in [1.807, 2.05) is 0 Å². The molecule has 88 valence electrons. The number of fused-ring (bicyclic) bond motifs is 1. The van der Waals surface area contributed by atoms with Gasteiger partial charge in [0.1, 0.15) is 7.05 Å². The Kier molecular flexibility index (Phi) is 2.60. The van der Waals surface area contributed by atoms with Crippen LogP contribution in [-0.2, 0) is 7.05 Å². The van der Waals surface area contributed by atoms with Gasteiger partial charge < -0.3 is 0 Å². The molecule has 0 radical (unpaired) electrons. The first kappa shape index (κ1) is 11.0. The van der Waals surface area contributed by atoms with Crippen LogP contribution in [0.1, 0.15) is 5.56 Å². The van der Waals surface area contributed by atoms with Crippen molar-refractivity contribution in [2.75, 3.05) is 0 Å². The molecule has 0 spiro atoms. The summed E-state index contributed by atoms with van der Waals surface area (Å²) in [5.41, 5.74) is 5.11. The van der Waals surface area contributed by atoms with Crippen LogP contribution in [0, 0.1) is 6.92 Å². The van der Waals surface area contributed by atoms with Crippen LogP contribution >= 0.6 is 0 Å². The lowest BCUT2D eigenvalue weighted by Gasteiger charge is -2.06. The van der Waals surface area contributed by atoms with Crippen LogP contribution in [0.3, 0.4) is 0 Å². The van der Waals surface area contributed by atoms with Gasteiger partial charge in [0.05, 0.1) is 0 Å². The minimum atomic E-state index is 1.26. The summed E-state index contributed by atoms with van der Waals surface area (Å²) in [5.74, 6) is 0. The molecule has 0 atom stereocenters. The molecular weight excluding hydrogens is 218 g/mol. The average Bonchev–Trinajstić information content (AvgIpc) is 2.44. The summed E-state index contributed by atoms with van der Waals surface area (Å²) in [4.78, 5) is 0. The molecule has 0 unspecified atom stereocenters. The summed E-state index contributed by atoms with van der Waals surface area (Å²) in [6, 6.07) is 21.3. The molecule has 1 nitrogen and oxygen atoms in total. The van der Waals surface area contributed by atoms with Gasteiger partial charge in [-0.2, -0.15) is 4.57 Å². The molecule has 0 fully saturated rings. The number of hydrogen-bond acceptors (Lipinski definition) is 0. The third kappa shape index (κ3) is 1.68. The maximum atomic E-state index is 2.26. The van der Waals surface area contributed by atoms with E-state index in [2.05, 4.69) is 79.2 Å². The summed E-state index contributed by atoms with van der Waals surface area (Å²) < 4.78 is 2.26. The quantitative estimate of drug-likeness (QED) is 0.566. The van der Waals surface area contributed by atoms with Crippen molar-refractivity contribution in [3.8, 4) is 11.3 Å². The molecule has 3 aromatic rings. The van der Waals surface area contributed by atoms with Crippen LogP contribution in [0.25, 0.3) is 22.2 Å². The number of rotatable bonds is 1. The molecule has 0 saturated heterocycles. The summed E-state index contributed by atoms with van der Waals surface area (Å²) in [6.07, 6.45) is 0. The number of benzene rings is 2. The van der Waals surface area contributed by atoms with Gasteiger partial charge in [0.25, 0.3) is 0 Å². The number of hydrogen-bond donors (Lipinski definition) is 0. The zero-order valence-electron chi connectivity index (χ0n) is 10.7. The first-order chi connectivity index (χ1) is 8.77. The van der Waals surface area contributed by atoms with Gasteiger partial charge in [0.15, 0.2) is 0 Å². The van der Waals surface area contributed by atoms with Gasteiger partial charge in [-0.05, 0) is 30.7 Å². The maximum Gasteiger partial charge on any atom is 0.213 e. The summed E-state index contributed by atoms with van der Waals surface area (Å²) in [6.45, 7) is 2.18. The fourth-order valence-electron chi connectivity index (χ4n) is 2.49. The second kappa shape index (κ2) is 4.26. The highest BCUT2D eigenvalue weighted by Gasteiger charge is 2.15. The van der Waals surface area contributed by atoms with Gasteiger partial charge >= 0.3 is 0 Å². The molecule has 1 heterocycles. The summed E-state index contributed by atoms with van der Waals surface area (Å²) in [5, 5.41) is 1.32. The summed E-state index contributed by atoms with van der Waals surface area (Å²) in [7, 11) is 2.13. The lowest BCUT2D eigenvalue weighted by atomic mass is 10.0. The van der Waals surface area contributed by atoms with Gasteiger partial charge in [-0.1, -0.05) is 30.3 Å². The van der Waals surface area contributed by atoms with Crippen LogP contribution in [0.15, 0.2) is 60.7 Å². The Bertz CT molecular complexity index is 699. The third-order valence-corrected chi connectivity index (χ3v) is 3.47. The topological polar surface area (TPSA) is 3.88 Å². The van der Waals surface area contributed by atoms with Gasteiger partial charge in [0, 0.05) is 23.1 Å². The minimum Gasteiger partial charge on any atom is -0.194 e. The van der Waals surface area contributed by atoms with Crippen molar-refractivity contribution in [3.63, 3.8) is 0 Å². The second-order valence-corrected chi connectivity index (χ2v) is 4.65.